The lowest BCUT2D eigenvalue weighted by molar-refractivity contribution is 0.0367. The lowest BCUT2D eigenvalue weighted by Gasteiger charge is -2.38. The van der Waals surface area contributed by atoms with Gasteiger partial charge in [0.1, 0.15) is 0 Å². The van der Waals surface area contributed by atoms with Gasteiger partial charge in [-0.05, 0) is 19.4 Å². The predicted molar refractivity (Wildman–Crippen MR) is 60.9 cm³/mol. The summed E-state index contributed by atoms with van der Waals surface area (Å²) in [5.74, 6) is 0. The van der Waals surface area contributed by atoms with Crippen molar-refractivity contribution < 1.29 is 4.74 Å². The molecule has 0 aliphatic carbocycles. The Labute approximate surface area is 92.4 Å². The highest BCUT2D eigenvalue weighted by molar-refractivity contribution is 4.87. The SMILES string of the molecule is COC(CN)CN1CCN2CCCC2C1. The zero-order valence-corrected chi connectivity index (χ0v) is 9.69. The summed E-state index contributed by atoms with van der Waals surface area (Å²) in [5.41, 5.74) is 5.65. The summed E-state index contributed by atoms with van der Waals surface area (Å²) in [6.07, 6.45) is 2.96. The molecule has 0 amide bonds. The topological polar surface area (TPSA) is 41.7 Å². The Morgan fingerprint density at radius 1 is 1.40 bits per heavy atom. The molecule has 2 saturated heterocycles. The van der Waals surface area contributed by atoms with Gasteiger partial charge >= 0.3 is 0 Å². The summed E-state index contributed by atoms with van der Waals surface area (Å²) in [7, 11) is 1.75. The van der Waals surface area contributed by atoms with E-state index >= 15 is 0 Å². The smallest absolute Gasteiger partial charge is 0.0820 e. The van der Waals surface area contributed by atoms with Gasteiger partial charge in [0, 0.05) is 45.9 Å². The van der Waals surface area contributed by atoms with Gasteiger partial charge in [-0.25, -0.2) is 0 Å². The normalized spacial score (nSPS) is 30.4. The van der Waals surface area contributed by atoms with Crippen molar-refractivity contribution in [1.82, 2.24) is 9.80 Å². The average Bonchev–Trinajstić information content (AvgIpc) is 2.73. The molecule has 2 aliphatic rings. The number of fused-ring (bicyclic) bond motifs is 1. The first kappa shape index (κ1) is 11.3. The van der Waals surface area contributed by atoms with Crippen molar-refractivity contribution in [3.63, 3.8) is 0 Å². The first-order chi connectivity index (χ1) is 7.33. The van der Waals surface area contributed by atoms with E-state index in [1.54, 1.807) is 7.11 Å². The number of ether oxygens (including phenoxy) is 1. The molecule has 2 heterocycles. The van der Waals surface area contributed by atoms with E-state index in [4.69, 9.17) is 10.5 Å². The lowest BCUT2D eigenvalue weighted by atomic mass is 10.1. The minimum Gasteiger partial charge on any atom is -0.379 e. The Kier molecular flexibility index (Phi) is 3.97. The van der Waals surface area contributed by atoms with Gasteiger partial charge < -0.3 is 10.5 Å². The maximum atomic E-state index is 5.65. The Balaban J connectivity index is 1.79. The molecule has 15 heavy (non-hydrogen) atoms. The quantitative estimate of drug-likeness (QED) is 0.698. The van der Waals surface area contributed by atoms with Crippen molar-refractivity contribution in [1.29, 1.82) is 0 Å². The third-order valence-corrected chi connectivity index (χ3v) is 3.73. The van der Waals surface area contributed by atoms with E-state index in [9.17, 15) is 0 Å². The van der Waals surface area contributed by atoms with Crippen LogP contribution in [0.4, 0.5) is 0 Å². The summed E-state index contributed by atoms with van der Waals surface area (Å²) in [5, 5.41) is 0. The molecule has 0 aromatic rings. The monoisotopic (exact) mass is 213 g/mol. The van der Waals surface area contributed by atoms with E-state index in [0.717, 1.165) is 12.6 Å². The average molecular weight is 213 g/mol. The molecule has 2 aliphatic heterocycles. The van der Waals surface area contributed by atoms with Gasteiger partial charge in [-0.15, -0.1) is 0 Å². The number of hydrogen-bond acceptors (Lipinski definition) is 4. The van der Waals surface area contributed by atoms with Gasteiger partial charge in [0.15, 0.2) is 0 Å². The number of methoxy groups -OCH3 is 1. The van der Waals surface area contributed by atoms with Gasteiger partial charge in [0.2, 0.25) is 0 Å². The molecule has 2 atom stereocenters. The van der Waals surface area contributed by atoms with Crippen LogP contribution in [0.1, 0.15) is 12.8 Å². The molecule has 2 fully saturated rings. The van der Waals surface area contributed by atoms with E-state index in [2.05, 4.69) is 9.80 Å². The standard InChI is InChI=1S/C11H23N3O/c1-15-11(7-12)9-13-5-6-14-4-2-3-10(14)8-13/h10-11H,2-9,12H2,1H3. The fourth-order valence-electron chi connectivity index (χ4n) is 2.75. The molecule has 0 spiro atoms. The largest absolute Gasteiger partial charge is 0.379 e. The fourth-order valence-corrected chi connectivity index (χ4v) is 2.75. The zero-order chi connectivity index (χ0) is 10.7. The Bertz CT molecular complexity index is 194. The van der Waals surface area contributed by atoms with Gasteiger partial charge in [-0.2, -0.15) is 0 Å². The van der Waals surface area contributed by atoms with Crippen LogP contribution >= 0.6 is 0 Å². The van der Waals surface area contributed by atoms with Gasteiger partial charge in [0.25, 0.3) is 0 Å². The second-order valence-corrected chi connectivity index (χ2v) is 4.69. The molecular formula is C11H23N3O. The molecule has 2 rings (SSSR count). The Morgan fingerprint density at radius 2 is 2.27 bits per heavy atom. The van der Waals surface area contributed by atoms with Crippen LogP contribution in [-0.2, 0) is 4.74 Å². The third-order valence-electron chi connectivity index (χ3n) is 3.73. The number of hydrogen-bond donors (Lipinski definition) is 1. The van der Waals surface area contributed by atoms with Gasteiger partial charge in [-0.3, -0.25) is 9.80 Å². The summed E-state index contributed by atoms with van der Waals surface area (Å²) in [4.78, 5) is 5.13. The summed E-state index contributed by atoms with van der Waals surface area (Å²) in [6.45, 7) is 6.55. The molecule has 0 radical (unpaired) electrons. The summed E-state index contributed by atoms with van der Waals surface area (Å²) < 4.78 is 5.33. The van der Waals surface area contributed by atoms with Crippen molar-refractivity contribution in [3.8, 4) is 0 Å². The molecule has 2 N–H and O–H groups in total. The van der Waals surface area contributed by atoms with Crippen LogP contribution in [0.2, 0.25) is 0 Å². The second-order valence-electron chi connectivity index (χ2n) is 4.69. The molecule has 0 saturated carbocycles. The first-order valence-electron chi connectivity index (χ1n) is 6.02. The fraction of sp³-hybridized carbons (Fsp3) is 1.00. The van der Waals surface area contributed by atoms with Crippen molar-refractivity contribution in [3.05, 3.63) is 0 Å². The molecular weight excluding hydrogens is 190 g/mol. The molecule has 0 aromatic heterocycles. The number of nitrogens with two attached hydrogens (primary N) is 1. The van der Waals surface area contributed by atoms with Crippen LogP contribution in [0.25, 0.3) is 0 Å². The third kappa shape index (κ3) is 2.69. The van der Waals surface area contributed by atoms with Crippen LogP contribution < -0.4 is 5.73 Å². The van der Waals surface area contributed by atoms with Crippen LogP contribution in [-0.4, -0.2) is 68.3 Å². The van der Waals surface area contributed by atoms with Crippen LogP contribution in [0.3, 0.4) is 0 Å². The Hall–Kier alpha value is -0.160. The van der Waals surface area contributed by atoms with Gasteiger partial charge in [0.05, 0.1) is 6.10 Å². The van der Waals surface area contributed by atoms with Crippen molar-refractivity contribution >= 4 is 0 Å². The zero-order valence-electron chi connectivity index (χ0n) is 9.69. The first-order valence-corrected chi connectivity index (χ1v) is 6.02. The molecule has 2 unspecified atom stereocenters. The number of nitrogens with zero attached hydrogens (tertiary/aromatic N) is 2. The molecule has 4 nitrogen and oxygen atoms in total. The van der Waals surface area contributed by atoms with E-state index in [-0.39, 0.29) is 6.10 Å². The number of rotatable bonds is 4. The second kappa shape index (κ2) is 5.25. The highest BCUT2D eigenvalue weighted by Gasteiger charge is 2.30. The van der Waals surface area contributed by atoms with Crippen LogP contribution in [0.5, 0.6) is 0 Å². The highest BCUT2D eigenvalue weighted by Crippen LogP contribution is 2.21. The van der Waals surface area contributed by atoms with Crippen LogP contribution in [0.15, 0.2) is 0 Å². The maximum Gasteiger partial charge on any atom is 0.0820 e. The van der Waals surface area contributed by atoms with E-state index < -0.39 is 0 Å². The summed E-state index contributed by atoms with van der Waals surface area (Å²) in [6, 6.07) is 0.800. The van der Waals surface area contributed by atoms with Crippen molar-refractivity contribution in [2.45, 2.75) is 25.0 Å². The Morgan fingerprint density at radius 3 is 3.00 bits per heavy atom. The molecule has 88 valence electrons. The van der Waals surface area contributed by atoms with E-state index in [1.165, 1.54) is 39.0 Å². The highest BCUT2D eigenvalue weighted by atomic mass is 16.5. The van der Waals surface area contributed by atoms with Crippen LogP contribution in [0, 0.1) is 0 Å². The lowest BCUT2D eigenvalue weighted by Crippen LogP contribution is -2.52. The van der Waals surface area contributed by atoms with E-state index in [0.29, 0.717) is 6.54 Å². The maximum absolute atomic E-state index is 5.65. The number of piperazine rings is 1. The minimum atomic E-state index is 0.206. The van der Waals surface area contributed by atoms with Gasteiger partial charge in [-0.1, -0.05) is 0 Å². The van der Waals surface area contributed by atoms with Crippen molar-refractivity contribution in [2.75, 3.05) is 46.4 Å². The predicted octanol–water partition coefficient (Wildman–Crippen LogP) is -0.260. The summed E-state index contributed by atoms with van der Waals surface area (Å²) >= 11 is 0. The molecule has 0 aromatic carbocycles. The molecule has 0 bridgehead atoms. The molecule has 4 heteroatoms. The van der Waals surface area contributed by atoms with Crippen molar-refractivity contribution in [2.24, 2.45) is 5.73 Å². The van der Waals surface area contributed by atoms with E-state index in [1.807, 2.05) is 0 Å². The minimum absolute atomic E-state index is 0.206.